The van der Waals surface area contributed by atoms with Crippen LogP contribution in [-0.2, 0) is 0 Å². The summed E-state index contributed by atoms with van der Waals surface area (Å²) in [5, 5.41) is 2.34. The zero-order chi connectivity index (χ0) is 16.3. The first kappa shape index (κ1) is 16.2. The van der Waals surface area contributed by atoms with Gasteiger partial charge in [0, 0.05) is 0 Å². The maximum atomic E-state index is 12.1. The molecule has 9 nitrogen and oxygen atoms in total. The molecule has 1 aromatic heterocycles. The van der Waals surface area contributed by atoms with Gasteiger partial charge in [-0.15, -0.1) is 0 Å². The molecule has 1 amide bonds. The van der Waals surface area contributed by atoms with Gasteiger partial charge in [0.2, 0.25) is 0 Å². The molecule has 1 aromatic rings. The zero-order valence-electron chi connectivity index (χ0n) is 12.2. The molecule has 2 rings (SSSR count). The Balaban J connectivity index is 2.03. The van der Waals surface area contributed by atoms with E-state index in [9.17, 15) is 4.79 Å². The molecule has 10 heteroatoms. The lowest BCUT2D eigenvalue weighted by Gasteiger charge is -2.26. The molecule has 22 heavy (non-hydrogen) atoms. The Bertz CT molecular complexity index is 597. The van der Waals surface area contributed by atoms with E-state index in [1.165, 1.54) is 0 Å². The van der Waals surface area contributed by atoms with Crippen molar-refractivity contribution < 1.29 is 4.79 Å². The molecule has 1 aliphatic heterocycles. The Kier molecular flexibility index (Phi) is 4.99. The van der Waals surface area contributed by atoms with Crippen molar-refractivity contribution in [2.24, 2.45) is 10.7 Å². The highest BCUT2D eigenvalue weighted by molar-refractivity contribution is 6.31. The lowest BCUT2D eigenvalue weighted by molar-refractivity contribution is 0.0972. The molecule has 0 saturated carbocycles. The number of guanidine groups is 1. The molecule has 0 aliphatic carbocycles. The van der Waals surface area contributed by atoms with Crippen molar-refractivity contribution in [3.8, 4) is 0 Å². The van der Waals surface area contributed by atoms with Crippen molar-refractivity contribution in [3.05, 3.63) is 10.8 Å². The molecule has 0 unspecified atom stereocenters. The van der Waals surface area contributed by atoms with Gasteiger partial charge >= 0.3 is 0 Å². The number of nitrogens with one attached hydrogen (secondary N) is 1. The normalized spacial score (nSPS) is 17.5. The van der Waals surface area contributed by atoms with Crippen molar-refractivity contribution in [2.75, 3.05) is 31.6 Å². The summed E-state index contributed by atoms with van der Waals surface area (Å²) in [6, 6.07) is 0.0925. The third-order valence-electron chi connectivity index (χ3n) is 3.37. The number of nitrogens with zero attached hydrogens (tertiary/aromatic N) is 4. The molecule has 120 valence electrons. The van der Waals surface area contributed by atoms with E-state index >= 15 is 0 Å². The quantitative estimate of drug-likeness (QED) is 0.420. The summed E-state index contributed by atoms with van der Waals surface area (Å²) >= 11 is 5.74. The van der Waals surface area contributed by atoms with Gasteiger partial charge in [0.25, 0.3) is 5.91 Å². The summed E-state index contributed by atoms with van der Waals surface area (Å²) in [6.07, 6.45) is 1.78. The summed E-state index contributed by atoms with van der Waals surface area (Å²) in [6.45, 7) is 1.89. The second-order valence-corrected chi connectivity index (χ2v) is 5.49. The Hall–Kier alpha value is -2.13. The van der Waals surface area contributed by atoms with Crippen LogP contribution in [0.4, 0.5) is 11.6 Å². The van der Waals surface area contributed by atoms with E-state index in [1.54, 1.807) is 0 Å². The number of carbonyl (C=O) groups excluding carboxylic acids is 1. The van der Waals surface area contributed by atoms with Crippen molar-refractivity contribution >= 4 is 35.1 Å². The molecule has 0 aromatic carbocycles. The Morgan fingerprint density at radius 2 is 1.95 bits per heavy atom. The number of anilines is 2. The van der Waals surface area contributed by atoms with E-state index < -0.39 is 5.91 Å². The van der Waals surface area contributed by atoms with Crippen LogP contribution in [0.15, 0.2) is 4.99 Å². The van der Waals surface area contributed by atoms with Crippen LogP contribution in [-0.4, -0.2) is 52.9 Å². The second-order valence-electron chi connectivity index (χ2n) is 5.14. The Labute approximate surface area is 132 Å². The summed E-state index contributed by atoms with van der Waals surface area (Å²) < 4.78 is 0. The fourth-order valence-electron chi connectivity index (χ4n) is 2.14. The minimum absolute atomic E-state index is 0.0219. The Morgan fingerprint density at radius 3 is 2.59 bits per heavy atom. The molecule has 0 atom stereocenters. The number of aromatic nitrogens is 2. The Morgan fingerprint density at radius 1 is 1.32 bits per heavy atom. The largest absolute Gasteiger partial charge is 0.382 e. The van der Waals surface area contributed by atoms with Gasteiger partial charge in [0.1, 0.15) is 0 Å². The second kappa shape index (κ2) is 6.75. The number of aliphatic imine (C=N–C) groups is 1. The first-order valence-corrected chi connectivity index (χ1v) is 7.16. The molecule has 0 bridgehead atoms. The predicted octanol–water partition coefficient (Wildman–Crippen LogP) is -0.567. The number of likely N-dealkylation sites (tertiary alicyclic amines) is 1. The van der Waals surface area contributed by atoms with Gasteiger partial charge in [0.05, 0.1) is 6.04 Å². The van der Waals surface area contributed by atoms with Crippen LogP contribution in [0.1, 0.15) is 23.3 Å². The lowest BCUT2D eigenvalue weighted by Crippen LogP contribution is -2.40. The molecule has 1 fully saturated rings. The number of amides is 1. The number of carbonyl (C=O) groups is 1. The topological polar surface area (TPSA) is 149 Å². The van der Waals surface area contributed by atoms with Crippen LogP contribution < -0.4 is 22.5 Å². The minimum Gasteiger partial charge on any atom is -0.382 e. The maximum Gasteiger partial charge on any atom is 0.280 e. The number of halogens is 1. The predicted molar refractivity (Wildman–Crippen MR) is 85.5 cm³/mol. The molecule has 1 saturated heterocycles. The number of piperidine rings is 1. The smallest absolute Gasteiger partial charge is 0.280 e. The first-order chi connectivity index (χ1) is 10.4. The van der Waals surface area contributed by atoms with Gasteiger partial charge in [-0.05, 0) is 33.0 Å². The van der Waals surface area contributed by atoms with Gasteiger partial charge in [-0.2, -0.15) is 0 Å². The van der Waals surface area contributed by atoms with Crippen molar-refractivity contribution in [1.82, 2.24) is 20.2 Å². The summed E-state index contributed by atoms with van der Waals surface area (Å²) in [7, 11) is 2.05. The first-order valence-electron chi connectivity index (χ1n) is 6.78. The van der Waals surface area contributed by atoms with E-state index in [1.807, 2.05) is 0 Å². The molecule has 0 radical (unpaired) electrons. The third-order valence-corrected chi connectivity index (χ3v) is 3.65. The van der Waals surface area contributed by atoms with Gasteiger partial charge in [0.15, 0.2) is 28.4 Å². The van der Waals surface area contributed by atoms with Gasteiger partial charge in [-0.25, -0.2) is 15.0 Å². The number of hydrogen-bond donors (Lipinski definition) is 4. The fourth-order valence-corrected chi connectivity index (χ4v) is 2.26. The van der Waals surface area contributed by atoms with Crippen molar-refractivity contribution in [3.63, 3.8) is 0 Å². The summed E-state index contributed by atoms with van der Waals surface area (Å²) in [5.74, 6) is -0.759. The highest BCUT2D eigenvalue weighted by Gasteiger charge is 2.19. The van der Waals surface area contributed by atoms with Crippen LogP contribution in [0.2, 0.25) is 5.15 Å². The van der Waals surface area contributed by atoms with Crippen LogP contribution in [0.5, 0.6) is 0 Å². The molecule has 0 spiro atoms. The standard InChI is InChI=1S/C12H19ClN8O/c1-21-4-2-6(3-5-21)17-12(16)20-11(22)7-9(14)19-10(15)8(13)18-7/h6H,2-5H2,1H3,(H4,14,15,19)(H3,16,17,20,22). The number of hydrogen-bond acceptors (Lipinski definition) is 7. The number of rotatable bonds is 2. The van der Waals surface area contributed by atoms with E-state index in [0.29, 0.717) is 0 Å². The van der Waals surface area contributed by atoms with E-state index in [0.717, 1.165) is 25.9 Å². The third kappa shape index (κ3) is 3.95. The van der Waals surface area contributed by atoms with Crippen LogP contribution in [0, 0.1) is 0 Å². The van der Waals surface area contributed by atoms with E-state index in [-0.39, 0.29) is 34.5 Å². The van der Waals surface area contributed by atoms with E-state index in [4.69, 9.17) is 28.8 Å². The molecule has 2 heterocycles. The minimum atomic E-state index is -0.624. The SMILES string of the molecule is CN1CCC(N=C(N)NC(=O)c2nc(Cl)c(N)nc2N)CC1. The number of nitrogens with two attached hydrogens (primary N) is 3. The van der Waals surface area contributed by atoms with Gasteiger partial charge in [-0.3, -0.25) is 10.1 Å². The summed E-state index contributed by atoms with van der Waals surface area (Å²) in [5.41, 5.74) is 16.7. The van der Waals surface area contributed by atoms with Gasteiger partial charge in [-0.1, -0.05) is 11.6 Å². The van der Waals surface area contributed by atoms with Crippen molar-refractivity contribution in [1.29, 1.82) is 0 Å². The van der Waals surface area contributed by atoms with Crippen molar-refractivity contribution in [2.45, 2.75) is 18.9 Å². The summed E-state index contributed by atoms with van der Waals surface area (Å²) in [4.78, 5) is 26.1. The molecule has 1 aliphatic rings. The highest BCUT2D eigenvalue weighted by atomic mass is 35.5. The van der Waals surface area contributed by atoms with E-state index in [2.05, 4.69) is 32.2 Å². The average molecular weight is 327 g/mol. The molecular formula is C12H19ClN8O. The molecule has 7 N–H and O–H groups in total. The van der Waals surface area contributed by atoms with Crippen LogP contribution in [0.3, 0.4) is 0 Å². The molecular weight excluding hydrogens is 308 g/mol. The van der Waals surface area contributed by atoms with Crippen LogP contribution in [0.25, 0.3) is 0 Å². The van der Waals surface area contributed by atoms with Crippen LogP contribution >= 0.6 is 11.6 Å². The van der Waals surface area contributed by atoms with Gasteiger partial charge < -0.3 is 22.1 Å². The highest BCUT2D eigenvalue weighted by Crippen LogP contribution is 2.17. The maximum absolute atomic E-state index is 12.1. The number of nitrogen functional groups attached to an aromatic ring is 2. The zero-order valence-corrected chi connectivity index (χ0v) is 13.0. The monoisotopic (exact) mass is 326 g/mol. The lowest BCUT2D eigenvalue weighted by atomic mass is 10.1. The average Bonchev–Trinajstić information content (AvgIpc) is 2.45. The fraction of sp³-hybridized carbons (Fsp3) is 0.500.